The zero-order valence-electron chi connectivity index (χ0n) is 7.64. The first kappa shape index (κ1) is 10.2. The van der Waals surface area contributed by atoms with Crippen LogP contribution in [-0.2, 0) is 4.79 Å². The van der Waals surface area contributed by atoms with Crippen molar-refractivity contribution >= 4 is 28.4 Å². The number of ketones is 1. The van der Waals surface area contributed by atoms with Gasteiger partial charge in [0.1, 0.15) is 0 Å². The molecule has 0 radical (unpaired) electrons. The van der Waals surface area contributed by atoms with Crippen LogP contribution in [-0.4, -0.2) is 5.78 Å². The summed E-state index contributed by atoms with van der Waals surface area (Å²) >= 11 is 2.10. The van der Waals surface area contributed by atoms with E-state index in [1.807, 2.05) is 4.08 Å². The first-order valence-corrected chi connectivity index (χ1v) is 5.68. The van der Waals surface area contributed by atoms with Crippen molar-refractivity contribution in [3.8, 4) is 0 Å². The number of hydrogen-bond acceptors (Lipinski definition) is 1. The van der Waals surface area contributed by atoms with Gasteiger partial charge in [0.25, 0.3) is 0 Å². The van der Waals surface area contributed by atoms with Gasteiger partial charge in [0, 0.05) is 5.41 Å². The average Bonchev–Trinajstić information content (AvgIpc) is 1.99. The largest absolute Gasteiger partial charge is 0.294 e. The maximum atomic E-state index is 11.5. The summed E-state index contributed by atoms with van der Waals surface area (Å²) in [5.74, 6) is 1.10. The summed E-state index contributed by atoms with van der Waals surface area (Å²) < 4.78 is 1.81. The lowest BCUT2D eigenvalue weighted by atomic mass is 9.60. The Kier molecular flexibility index (Phi) is 3.32. The predicted molar refractivity (Wildman–Crippen MR) is 59.3 cm³/mol. The van der Waals surface area contributed by atoms with Crippen LogP contribution < -0.4 is 0 Å². The molecule has 0 spiro atoms. The van der Waals surface area contributed by atoms with Crippen LogP contribution in [0.25, 0.3) is 0 Å². The third-order valence-electron chi connectivity index (χ3n) is 2.86. The molecule has 1 rings (SSSR count). The van der Waals surface area contributed by atoms with Crippen molar-refractivity contribution in [2.45, 2.75) is 33.1 Å². The first-order valence-electron chi connectivity index (χ1n) is 4.43. The monoisotopic (exact) mass is 278 g/mol. The smallest absolute Gasteiger partial charge is 0.162 e. The Labute approximate surface area is 87.8 Å². The van der Waals surface area contributed by atoms with Crippen LogP contribution in [0.15, 0.2) is 10.2 Å². The lowest BCUT2D eigenvalue weighted by Crippen LogP contribution is -2.40. The van der Waals surface area contributed by atoms with E-state index in [1.54, 1.807) is 6.08 Å². The zero-order chi connectivity index (χ0) is 9.19. The zero-order valence-corrected chi connectivity index (χ0v) is 9.80. The number of halogens is 1. The van der Waals surface area contributed by atoms with Crippen molar-refractivity contribution < 1.29 is 4.79 Å². The van der Waals surface area contributed by atoms with Crippen molar-refractivity contribution in [1.82, 2.24) is 0 Å². The van der Waals surface area contributed by atoms with Gasteiger partial charge in [0.15, 0.2) is 5.78 Å². The molecule has 0 unspecified atom stereocenters. The Morgan fingerprint density at radius 1 is 1.67 bits per heavy atom. The quantitative estimate of drug-likeness (QED) is 0.571. The van der Waals surface area contributed by atoms with E-state index in [2.05, 4.69) is 36.4 Å². The van der Waals surface area contributed by atoms with Crippen LogP contribution in [0, 0.1) is 11.3 Å². The number of carbonyl (C=O) groups excluding carboxylic acids is 1. The lowest BCUT2D eigenvalue weighted by molar-refractivity contribution is -0.130. The minimum atomic E-state index is -0.0254. The van der Waals surface area contributed by atoms with Gasteiger partial charge in [-0.15, -0.1) is 0 Å². The molecule has 1 saturated carbocycles. The van der Waals surface area contributed by atoms with Crippen LogP contribution in [0.1, 0.15) is 33.1 Å². The molecule has 0 aromatic rings. The molecular formula is C10H15IO. The summed E-state index contributed by atoms with van der Waals surface area (Å²) in [6, 6.07) is 0. The van der Waals surface area contributed by atoms with Gasteiger partial charge in [-0.2, -0.15) is 0 Å². The van der Waals surface area contributed by atoms with Crippen LogP contribution in [0.4, 0.5) is 0 Å². The van der Waals surface area contributed by atoms with Gasteiger partial charge < -0.3 is 0 Å². The van der Waals surface area contributed by atoms with Crippen LogP contribution in [0.3, 0.4) is 0 Å². The highest BCUT2D eigenvalue weighted by atomic mass is 127. The molecule has 0 N–H and O–H groups in total. The maximum Gasteiger partial charge on any atom is 0.162 e. The molecule has 1 aliphatic carbocycles. The standard InChI is InChI=1S/C10H15IO/c1-3-8-6-10(2,7-8)9(12)4-5-11/h4-5,8H,3,6-7H2,1-2H3. The summed E-state index contributed by atoms with van der Waals surface area (Å²) in [4.78, 5) is 11.5. The van der Waals surface area contributed by atoms with Crippen molar-refractivity contribution in [2.24, 2.45) is 11.3 Å². The highest BCUT2D eigenvalue weighted by molar-refractivity contribution is 14.1. The molecule has 1 fully saturated rings. The van der Waals surface area contributed by atoms with Crippen molar-refractivity contribution in [1.29, 1.82) is 0 Å². The van der Waals surface area contributed by atoms with Crippen molar-refractivity contribution in [3.05, 3.63) is 10.2 Å². The minimum absolute atomic E-state index is 0.0254. The predicted octanol–water partition coefficient (Wildman–Crippen LogP) is 3.33. The highest BCUT2D eigenvalue weighted by Gasteiger charge is 2.43. The number of hydrogen-bond donors (Lipinski definition) is 0. The van der Waals surface area contributed by atoms with E-state index in [9.17, 15) is 4.79 Å². The average molecular weight is 278 g/mol. The molecule has 1 aliphatic rings. The van der Waals surface area contributed by atoms with Gasteiger partial charge in [-0.3, -0.25) is 4.79 Å². The maximum absolute atomic E-state index is 11.5. The van der Waals surface area contributed by atoms with E-state index < -0.39 is 0 Å². The molecular weight excluding hydrogens is 263 g/mol. The summed E-state index contributed by atoms with van der Waals surface area (Å²) in [6.45, 7) is 4.28. The Balaban J connectivity index is 2.49. The van der Waals surface area contributed by atoms with Gasteiger partial charge >= 0.3 is 0 Å². The van der Waals surface area contributed by atoms with E-state index in [4.69, 9.17) is 0 Å². The summed E-state index contributed by atoms with van der Waals surface area (Å²) in [7, 11) is 0. The molecule has 12 heavy (non-hydrogen) atoms. The van der Waals surface area contributed by atoms with Crippen LogP contribution in [0.5, 0.6) is 0 Å². The molecule has 68 valence electrons. The Morgan fingerprint density at radius 2 is 2.25 bits per heavy atom. The van der Waals surface area contributed by atoms with Crippen LogP contribution >= 0.6 is 22.6 Å². The molecule has 0 aromatic heterocycles. The summed E-state index contributed by atoms with van der Waals surface area (Å²) in [5.41, 5.74) is -0.0254. The van der Waals surface area contributed by atoms with E-state index in [0.717, 1.165) is 18.8 Å². The topological polar surface area (TPSA) is 17.1 Å². The molecule has 2 heteroatoms. The molecule has 0 saturated heterocycles. The summed E-state index contributed by atoms with van der Waals surface area (Å²) in [5, 5.41) is 0. The first-order chi connectivity index (χ1) is 5.62. The van der Waals surface area contributed by atoms with Crippen molar-refractivity contribution in [2.75, 3.05) is 0 Å². The van der Waals surface area contributed by atoms with E-state index >= 15 is 0 Å². The normalized spacial score (nSPS) is 35.1. The fourth-order valence-electron chi connectivity index (χ4n) is 1.96. The van der Waals surface area contributed by atoms with Crippen LogP contribution in [0.2, 0.25) is 0 Å². The van der Waals surface area contributed by atoms with Gasteiger partial charge in [-0.1, -0.05) is 42.9 Å². The Morgan fingerprint density at radius 3 is 2.67 bits per heavy atom. The molecule has 0 atom stereocenters. The van der Waals surface area contributed by atoms with E-state index in [1.165, 1.54) is 6.42 Å². The summed E-state index contributed by atoms with van der Waals surface area (Å²) in [6.07, 6.45) is 5.09. The number of allylic oxidation sites excluding steroid dienone is 1. The van der Waals surface area contributed by atoms with Gasteiger partial charge in [-0.05, 0) is 28.9 Å². The molecule has 0 aromatic carbocycles. The Hall–Kier alpha value is 0.140. The SMILES string of the molecule is CCC1CC(C)(C(=O)C=CI)C1. The van der Waals surface area contributed by atoms with E-state index in [0.29, 0.717) is 5.78 Å². The minimum Gasteiger partial charge on any atom is -0.294 e. The highest BCUT2D eigenvalue weighted by Crippen LogP contribution is 2.47. The van der Waals surface area contributed by atoms with Crippen molar-refractivity contribution in [3.63, 3.8) is 0 Å². The van der Waals surface area contributed by atoms with Gasteiger partial charge in [-0.25, -0.2) is 0 Å². The van der Waals surface area contributed by atoms with E-state index in [-0.39, 0.29) is 5.41 Å². The third kappa shape index (κ3) is 1.90. The second-order valence-electron chi connectivity index (χ2n) is 3.90. The molecule has 0 aliphatic heterocycles. The fourth-order valence-corrected chi connectivity index (χ4v) is 2.29. The molecule has 0 amide bonds. The number of rotatable bonds is 3. The lowest BCUT2D eigenvalue weighted by Gasteiger charge is -2.43. The fraction of sp³-hybridized carbons (Fsp3) is 0.700. The molecule has 0 heterocycles. The van der Waals surface area contributed by atoms with Gasteiger partial charge in [0.2, 0.25) is 0 Å². The second-order valence-corrected chi connectivity index (χ2v) is 4.62. The molecule has 0 bridgehead atoms. The third-order valence-corrected chi connectivity index (χ3v) is 3.22. The number of carbonyl (C=O) groups is 1. The molecule has 1 nitrogen and oxygen atoms in total. The van der Waals surface area contributed by atoms with Gasteiger partial charge in [0.05, 0.1) is 0 Å². The second kappa shape index (κ2) is 3.90. The Bertz CT molecular complexity index is 202.